The topological polar surface area (TPSA) is 0 Å². The van der Waals surface area contributed by atoms with E-state index in [4.69, 9.17) is 35.9 Å². The van der Waals surface area contributed by atoms with E-state index in [9.17, 15) is 0 Å². The van der Waals surface area contributed by atoms with Crippen LogP contribution in [0.1, 0.15) is 0 Å². The van der Waals surface area contributed by atoms with E-state index in [1.807, 2.05) is 0 Å². The zero-order valence-corrected chi connectivity index (χ0v) is 7.27. The Balaban J connectivity index is 3.02. The summed E-state index contributed by atoms with van der Waals surface area (Å²) in [7, 11) is 20.1. The van der Waals surface area contributed by atoms with E-state index in [0.29, 0.717) is 0 Å². The molecule has 0 aromatic heterocycles. The molecule has 0 atom stereocenters. The third-order valence-corrected chi connectivity index (χ3v) is 0. The Bertz CT molecular complexity index is 19.1. The van der Waals surface area contributed by atoms with Crippen LogP contribution in [-0.2, 0) is 0 Å². The van der Waals surface area contributed by atoms with Gasteiger partial charge in [0, 0.05) is 0 Å². The molecule has 0 saturated heterocycles. The molecule has 5 heteroatoms. The normalized spacial score (nSPS) is 15.2. The van der Waals surface area contributed by atoms with Crippen molar-refractivity contribution in [2.45, 2.75) is 0 Å². The first-order chi connectivity index (χ1) is 2.00. The molecule has 0 saturated carbocycles. The summed E-state index contributed by atoms with van der Waals surface area (Å²) in [6, 6.07) is 0. The minimum absolute atomic E-state index is 3.13. The van der Waals surface area contributed by atoms with Gasteiger partial charge in [-0.2, -0.15) is 0 Å². The number of hydrogen-bond acceptors (Lipinski definition) is 0. The summed E-state index contributed by atoms with van der Waals surface area (Å²) < 4.78 is 0. The molecule has 0 aliphatic heterocycles. The predicted octanol–water partition coefficient (Wildman–Crippen LogP) is 2.38. The molecule has 0 heterocycles. The maximum absolute atomic E-state index is 5.02. The molecule has 0 nitrogen and oxygen atoms in total. The Labute approximate surface area is 49.1 Å². The molecule has 0 rings (SSSR count). The zero-order valence-electron chi connectivity index (χ0n) is 1.92. The van der Waals surface area contributed by atoms with Crippen LogP contribution in [-0.4, -0.2) is 13.7 Å². The van der Waals surface area contributed by atoms with Crippen molar-refractivity contribution >= 4 is 49.6 Å². The van der Waals surface area contributed by atoms with Crippen molar-refractivity contribution in [2.75, 3.05) is 0 Å². The summed E-state index contributed by atoms with van der Waals surface area (Å²) in [4.78, 5) is 0. The average Bonchev–Trinajstić information content (AvgIpc) is 0.722. The van der Waals surface area contributed by atoms with Crippen molar-refractivity contribution in [1.82, 2.24) is 0 Å². The summed E-state index contributed by atoms with van der Waals surface area (Å²) in [6.45, 7) is 0. The first-order valence-electron chi connectivity index (χ1n) is 0.617. The molecular weight excluding hydrogens is 269 g/mol. The zero-order chi connectivity index (χ0) is 4.50. The number of halogens is 4. The Morgan fingerprint density at radius 2 is 0.800 bits per heavy atom. The molecule has 0 unspecified atom stereocenters. The van der Waals surface area contributed by atoms with Crippen molar-refractivity contribution in [3.05, 3.63) is 0 Å². The molecule has 34 valence electrons. The van der Waals surface area contributed by atoms with E-state index in [1.54, 1.807) is 0 Å². The fourth-order valence-corrected chi connectivity index (χ4v) is 0. The van der Waals surface area contributed by atoms with E-state index in [0.717, 1.165) is 0 Å². The van der Waals surface area contributed by atoms with Crippen molar-refractivity contribution in [2.24, 2.45) is 0 Å². The van der Waals surface area contributed by atoms with Crippen LogP contribution in [0.25, 0.3) is 0 Å². The fourth-order valence-electron chi connectivity index (χ4n) is 0. The first kappa shape index (κ1) is 6.95. The van der Waals surface area contributed by atoms with Crippen LogP contribution in [0.2, 0.25) is 0 Å². The van der Waals surface area contributed by atoms with Crippen LogP contribution in [0.5, 0.6) is 0 Å². The maximum atomic E-state index is 5.02. The van der Waals surface area contributed by atoms with Crippen molar-refractivity contribution in [3.8, 4) is 0 Å². The third-order valence-electron chi connectivity index (χ3n) is 0. The standard InChI is InChI=1S/Cl4Te/c1-5(2,3)4. The molecule has 0 bridgehead atoms. The minimum atomic E-state index is -3.13. The summed E-state index contributed by atoms with van der Waals surface area (Å²) in [5, 5.41) is 0. The summed E-state index contributed by atoms with van der Waals surface area (Å²) in [5.41, 5.74) is 0. The van der Waals surface area contributed by atoms with Gasteiger partial charge in [-0.05, 0) is 0 Å². The number of rotatable bonds is 0. The van der Waals surface area contributed by atoms with Crippen LogP contribution >= 0.6 is 35.9 Å². The van der Waals surface area contributed by atoms with E-state index >= 15 is 0 Å². The van der Waals surface area contributed by atoms with Gasteiger partial charge in [0.05, 0.1) is 0 Å². The molecule has 5 heavy (non-hydrogen) atoms. The van der Waals surface area contributed by atoms with Gasteiger partial charge in [0.2, 0.25) is 0 Å². The van der Waals surface area contributed by atoms with Gasteiger partial charge < -0.3 is 0 Å². The number of hydrogen-bond donors (Lipinski definition) is 0. The summed E-state index contributed by atoms with van der Waals surface area (Å²) >= 11 is -3.13. The molecule has 0 aromatic rings. The molecular formula is Cl4Te. The van der Waals surface area contributed by atoms with Gasteiger partial charge >= 0.3 is 49.6 Å². The van der Waals surface area contributed by atoms with Crippen molar-refractivity contribution in [1.29, 1.82) is 0 Å². The Hall–Kier alpha value is 1.95. The van der Waals surface area contributed by atoms with Gasteiger partial charge in [0.25, 0.3) is 0 Å². The molecule has 0 N–H and O–H groups in total. The Morgan fingerprint density at radius 3 is 0.800 bits per heavy atom. The average molecular weight is 269 g/mol. The van der Waals surface area contributed by atoms with Crippen LogP contribution in [0.3, 0.4) is 0 Å². The molecule has 0 radical (unpaired) electrons. The van der Waals surface area contributed by atoms with Gasteiger partial charge in [0.15, 0.2) is 0 Å². The van der Waals surface area contributed by atoms with E-state index in [2.05, 4.69) is 0 Å². The second kappa shape index (κ2) is 2.31. The monoisotopic (exact) mass is 270 g/mol. The second-order valence-corrected chi connectivity index (χ2v) is 21.1. The van der Waals surface area contributed by atoms with Crippen molar-refractivity contribution in [3.63, 3.8) is 0 Å². The predicted molar refractivity (Wildman–Crippen MR) is 29.2 cm³/mol. The first-order valence-corrected chi connectivity index (χ1v) is 12.4. The van der Waals surface area contributed by atoms with Crippen molar-refractivity contribution < 1.29 is 0 Å². The molecule has 0 fully saturated rings. The Kier molecular flexibility index (Phi) is 3.21. The van der Waals surface area contributed by atoms with Crippen LogP contribution in [0, 0.1) is 0 Å². The summed E-state index contributed by atoms with van der Waals surface area (Å²) in [6.07, 6.45) is 0. The van der Waals surface area contributed by atoms with E-state index < -0.39 is 13.7 Å². The SMILES string of the molecule is Cl[Te](Cl)(Cl)Cl. The van der Waals surface area contributed by atoms with Gasteiger partial charge in [-0.25, -0.2) is 0 Å². The van der Waals surface area contributed by atoms with Gasteiger partial charge in [-0.1, -0.05) is 0 Å². The third kappa shape index (κ3) is 24.4. The second-order valence-electron chi connectivity index (χ2n) is 0.350. The van der Waals surface area contributed by atoms with Gasteiger partial charge in [0.1, 0.15) is 0 Å². The fraction of sp³-hybridized carbons (Fsp3) is 0. The van der Waals surface area contributed by atoms with Gasteiger partial charge in [-0.15, -0.1) is 0 Å². The van der Waals surface area contributed by atoms with Crippen LogP contribution in [0.15, 0.2) is 0 Å². The quantitative estimate of drug-likeness (QED) is 0.592. The molecule has 0 amide bonds. The van der Waals surface area contributed by atoms with E-state index in [1.165, 1.54) is 0 Å². The Morgan fingerprint density at radius 1 is 0.800 bits per heavy atom. The van der Waals surface area contributed by atoms with Crippen LogP contribution < -0.4 is 0 Å². The molecule has 0 aromatic carbocycles. The van der Waals surface area contributed by atoms with E-state index in [-0.39, 0.29) is 0 Å². The van der Waals surface area contributed by atoms with Gasteiger partial charge in [-0.3, -0.25) is 0 Å². The summed E-state index contributed by atoms with van der Waals surface area (Å²) in [5.74, 6) is 0. The molecule has 0 aliphatic rings. The molecule has 0 aliphatic carbocycles. The molecule has 0 spiro atoms. The van der Waals surface area contributed by atoms with Crippen LogP contribution in [0.4, 0.5) is 0 Å².